The minimum Gasteiger partial charge on any atom is -0.385 e. The molecule has 3 rings (SSSR count). The van der Waals surface area contributed by atoms with Crippen molar-refractivity contribution in [2.75, 3.05) is 17.2 Å². The number of rotatable bonds is 2. The van der Waals surface area contributed by atoms with Crippen LogP contribution in [-0.2, 0) is 6.42 Å². The lowest BCUT2D eigenvalue weighted by molar-refractivity contribution is 0.102. The van der Waals surface area contributed by atoms with Gasteiger partial charge in [-0.05, 0) is 42.7 Å². The van der Waals surface area contributed by atoms with E-state index in [1.165, 1.54) is 12.1 Å². The Morgan fingerprint density at radius 1 is 1.14 bits per heavy atom. The number of nitrogens with one attached hydrogen (secondary N) is 2. The lowest BCUT2D eigenvalue weighted by atomic mass is 10.0. The van der Waals surface area contributed by atoms with Crippen molar-refractivity contribution in [3.8, 4) is 0 Å². The predicted molar refractivity (Wildman–Crippen MR) is 77.6 cm³/mol. The molecule has 0 fully saturated rings. The molecule has 0 saturated carbocycles. The highest BCUT2D eigenvalue weighted by Crippen LogP contribution is 2.29. The molecule has 108 valence electrons. The average Bonchev–Trinajstić information content (AvgIpc) is 2.50. The second-order valence-electron chi connectivity index (χ2n) is 4.92. The number of halogens is 2. The van der Waals surface area contributed by atoms with Gasteiger partial charge >= 0.3 is 0 Å². The lowest BCUT2D eigenvalue weighted by Gasteiger charge is -2.21. The summed E-state index contributed by atoms with van der Waals surface area (Å²) in [4.78, 5) is 12.1. The van der Waals surface area contributed by atoms with E-state index in [1.807, 2.05) is 12.1 Å². The molecular formula is C16H14F2N2O. The number of hydrogen-bond acceptors (Lipinski definition) is 2. The normalized spacial score (nSPS) is 13.2. The van der Waals surface area contributed by atoms with Gasteiger partial charge in [0, 0.05) is 17.9 Å². The molecule has 1 amide bonds. The van der Waals surface area contributed by atoms with Crippen LogP contribution in [0.25, 0.3) is 0 Å². The smallest absolute Gasteiger partial charge is 0.258 e. The van der Waals surface area contributed by atoms with Crippen molar-refractivity contribution in [2.45, 2.75) is 12.8 Å². The number of amides is 1. The Labute approximate surface area is 121 Å². The van der Waals surface area contributed by atoms with Crippen molar-refractivity contribution >= 4 is 17.3 Å². The van der Waals surface area contributed by atoms with Crippen LogP contribution in [0.1, 0.15) is 22.3 Å². The maximum absolute atomic E-state index is 13.6. The molecule has 2 N–H and O–H groups in total. The molecule has 0 saturated heterocycles. The first-order chi connectivity index (χ1) is 10.2. The number of hydrogen-bond donors (Lipinski definition) is 2. The van der Waals surface area contributed by atoms with Crippen LogP contribution in [0.4, 0.5) is 20.2 Å². The van der Waals surface area contributed by atoms with Crippen LogP contribution in [-0.4, -0.2) is 12.5 Å². The molecule has 2 aromatic carbocycles. The summed E-state index contributed by atoms with van der Waals surface area (Å²) in [7, 11) is 0. The minimum atomic E-state index is -1.13. The summed E-state index contributed by atoms with van der Waals surface area (Å²) in [6, 6.07) is 9.08. The van der Waals surface area contributed by atoms with Crippen molar-refractivity contribution in [3.05, 3.63) is 59.2 Å². The zero-order chi connectivity index (χ0) is 14.8. The number of carbonyl (C=O) groups is 1. The molecule has 0 aliphatic carbocycles. The zero-order valence-corrected chi connectivity index (χ0v) is 11.2. The molecule has 3 nitrogen and oxygen atoms in total. The number of carbonyl (C=O) groups excluding carboxylic acids is 1. The van der Waals surface area contributed by atoms with Crippen molar-refractivity contribution in [1.82, 2.24) is 0 Å². The monoisotopic (exact) mass is 288 g/mol. The van der Waals surface area contributed by atoms with Crippen molar-refractivity contribution in [2.24, 2.45) is 0 Å². The summed E-state index contributed by atoms with van der Waals surface area (Å²) in [5.74, 6) is -2.80. The second-order valence-corrected chi connectivity index (χ2v) is 4.92. The first-order valence-corrected chi connectivity index (χ1v) is 6.78. The molecule has 1 aliphatic rings. The summed E-state index contributed by atoms with van der Waals surface area (Å²) in [6.07, 6.45) is 1.80. The van der Waals surface area contributed by atoms with E-state index in [1.54, 1.807) is 6.07 Å². The van der Waals surface area contributed by atoms with Crippen molar-refractivity contribution in [1.29, 1.82) is 0 Å². The Balaban J connectivity index is 1.90. The van der Waals surface area contributed by atoms with Gasteiger partial charge in [-0.15, -0.1) is 0 Å². The van der Waals surface area contributed by atoms with Gasteiger partial charge in [0.05, 0.1) is 5.56 Å². The van der Waals surface area contributed by atoms with Gasteiger partial charge in [-0.3, -0.25) is 4.79 Å². The fourth-order valence-corrected chi connectivity index (χ4v) is 2.50. The fourth-order valence-electron chi connectivity index (χ4n) is 2.50. The standard InChI is InChI=1S/C16H14F2N2O/c17-12-6-1-4-11(15(12)18)16(21)20-14-8-2-7-13-10(14)5-3-9-19-13/h1-2,4,6-8,19H,3,5,9H2,(H,20,21). The number of fused-ring (bicyclic) bond motifs is 1. The van der Waals surface area contributed by atoms with Crippen LogP contribution >= 0.6 is 0 Å². The Morgan fingerprint density at radius 3 is 2.81 bits per heavy atom. The molecule has 2 aromatic rings. The highest BCUT2D eigenvalue weighted by atomic mass is 19.2. The van der Waals surface area contributed by atoms with Crippen LogP contribution in [0.15, 0.2) is 36.4 Å². The van der Waals surface area contributed by atoms with E-state index < -0.39 is 17.5 Å². The van der Waals surface area contributed by atoms with E-state index in [4.69, 9.17) is 0 Å². The van der Waals surface area contributed by atoms with E-state index in [0.717, 1.165) is 36.7 Å². The minimum absolute atomic E-state index is 0.295. The Hall–Kier alpha value is -2.43. The molecule has 1 heterocycles. The average molecular weight is 288 g/mol. The fraction of sp³-hybridized carbons (Fsp3) is 0.188. The molecular weight excluding hydrogens is 274 g/mol. The van der Waals surface area contributed by atoms with Gasteiger partial charge in [0.25, 0.3) is 5.91 Å². The zero-order valence-electron chi connectivity index (χ0n) is 11.2. The molecule has 1 aliphatic heterocycles. The largest absolute Gasteiger partial charge is 0.385 e. The first kappa shape index (κ1) is 13.5. The van der Waals surface area contributed by atoms with E-state index in [9.17, 15) is 13.6 Å². The summed E-state index contributed by atoms with van der Waals surface area (Å²) in [5.41, 5.74) is 2.30. The van der Waals surface area contributed by atoms with Crippen LogP contribution in [0.2, 0.25) is 0 Å². The summed E-state index contributed by atoms with van der Waals surface area (Å²) in [6.45, 7) is 0.892. The van der Waals surface area contributed by atoms with Crippen LogP contribution in [0.3, 0.4) is 0 Å². The Morgan fingerprint density at radius 2 is 1.95 bits per heavy atom. The summed E-state index contributed by atoms with van der Waals surface area (Å²) in [5, 5.41) is 5.92. The lowest BCUT2D eigenvalue weighted by Crippen LogP contribution is -2.18. The van der Waals surface area contributed by atoms with Crippen LogP contribution in [0, 0.1) is 11.6 Å². The van der Waals surface area contributed by atoms with Crippen molar-refractivity contribution < 1.29 is 13.6 Å². The third-order valence-corrected chi connectivity index (χ3v) is 3.54. The summed E-state index contributed by atoms with van der Waals surface area (Å²) >= 11 is 0. The molecule has 0 aromatic heterocycles. The SMILES string of the molecule is O=C(Nc1cccc2c1CCCN2)c1cccc(F)c1F. The van der Waals surface area contributed by atoms with E-state index in [0.29, 0.717) is 5.69 Å². The molecule has 0 unspecified atom stereocenters. The quantitative estimate of drug-likeness (QED) is 0.887. The van der Waals surface area contributed by atoms with Crippen LogP contribution in [0.5, 0.6) is 0 Å². The van der Waals surface area contributed by atoms with Gasteiger partial charge in [0.2, 0.25) is 0 Å². The molecule has 0 spiro atoms. The van der Waals surface area contributed by atoms with Gasteiger partial charge < -0.3 is 10.6 Å². The maximum Gasteiger partial charge on any atom is 0.258 e. The van der Waals surface area contributed by atoms with E-state index in [2.05, 4.69) is 10.6 Å². The second kappa shape index (κ2) is 5.52. The number of benzene rings is 2. The highest BCUT2D eigenvalue weighted by Gasteiger charge is 2.18. The van der Waals surface area contributed by atoms with Crippen molar-refractivity contribution in [3.63, 3.8) is 0 Å². The van der Waals surface area contributed by atoms with Gasteiger partial charge in [0.15, 0.2) is 11.6 Å². The Bertz CT molecular complexity index is 701. The third-order valence-electron chi connectivity index (χ3n) is 3.54. The van der Waals surface area contributed by atoms with E-state index in [-0.39, 0.29) is 5.56 Å². The molecule has 5 heteroatoms. The van der Waals surface area contributed by atoms with E-state index >= 15 is 0 Å². The molecule has 0 atom stereocenters. The third kappa shape index (κ3) is 2.59. The number of anilines is 2. The molecule has 0 radical (unpaired) electrons. The Kier molecular flexibility index (Phi) is 3.56. The first-order valence-electron chi connectivity index (χ1n) is 6.78. The topological polar surface area (TPSA) is 41.1 Å². The maximum atomic E-state index is 13.6. The molecule has 0 bridgehead atoms. The van der Waals surface area contributed by atoms with Gasteiger partial charge in [-0.25, -0.2) is 8.78 Å². The highest BCUT2D eigenvalue weighted by molar-refractivity contribution is 6.05. The van der Waals surface area contributed by atoms with Gasteiger partial charge in [-0.2, -0.15) is 0 Å². The predicted octanol–water partition coefficient (Wildman–Crippen LogP) is 3.58. The molecule has 21 heavy (non-hydrogen) atoms. The van der Waals surface area contributed by atoms with Crippen LogP contribution < -0.4 is 10.6 Å². The summed E-state index contributed by atoms with van der Waals surface area (Å²) < 4.78 is 26.8. The van der Waals surface area contributed by atoms with Gasteiger partial charge in [0.1, 0.15) is 0 Å². The van der Waals surface area contributed by atoms with Gasteiger partial charge in [-0.1, -0.05) is 12.1 Å².